The van der Waals surface area contributed by atoms with Gasteiger partial charge in [0.1, 0.15) is 18.2 Å². The topological polar surface area (TPSA) is 101 Å². The molecule has 0 unspecified atom stereocenters. The zero-order valence-electron chi connectivity index (χ0n) is 46.3. The molecule has 6 nitrogen and oxygen atoms in total. The van der Waals surface area contributed by atoms with Gasteiger partial charge >= 0.3 is 6.15 Å². The van der Waals surface area contributed by atoms with Crippen molar-refractivity contribution in [2.75, 3.05) is 0 Å². The minimum atomic E-state index is -0.770. The summed E-state index contributed by atoms with van der Waals surface area (Å²) in [6.07, 6.45) is 15.7. The Balaban J connectivity index is 0.000000309. The van der Waals surface area contributed by atoms with Gasteiger partial charge < -0.3 is 14.9 Å². The number of carbonyl (C=O) groups excluding carboxylic acids is 3. The molecule has 0 aliphatic heterocycles. The lowest BCUT2D eigenvalue weighted by molar-refractivity contribution is -0.191. The molecular formula is C67H80F2O6. The maximum atomic E-state index is 14.2. The van der Waals surface area contributed by atoms with Gasteiger partial charge in [0, 0.05) is 10.8 Å². The predicted octanol–water partition coefficient (Wildman–Crippen LogP) is 16.6. The molecule has 0 saturated carbocycles. The van der Waals surface area contributed by atoms with Crippen LogP contribution in [0.3, 0.4) is 0 Å². The summed E-state index contributed by atoms with van der Waals surface area (Å²) >= 11 is 0. The lowest BCUT2D eigenvalue weighted by Gasteiger charge is -2.34. The Morgan fingerprint density at radius 2 is 0.813 bits per heavy atom. The van der Waals surface area contributed by atoms with Gasteiger partial charge in [-0.25, -0.2) is 8.78 Å². The van der Waals surface area contributed by atoms with Gasteiger partial charge in [-0.3, -0.25) is 4.79 Å². The third-order valence-corrected chi connectivity index (χ3v) is 15.8. The number of ether oxygens (including phenoxy) is 1. The number of benzene rings is 6. The van der Waals surface area contributed by atoms with Gasteiger partial charge in [0.2, 0.25) is 0 Å². The number of rotatable bonds is 22. The Bertz CT molecular complexity index is 2860. The van der Waals surface area contributed by atoms with E-state index in [1.165, 1.54) is 45.5 Å². The van der Waals surface area contributed by atoms with E-state index in [9.17, 15) is 23.8 Å². The van der Waals surface area contributed by atoms with Crippen LogP contribution in [0.4, 0.5) is 8.78 Å². The van der Waals surface area contributed by atoms with E-state index in [2.05, 4.69) is 133 Å². The second kappa shape index (κ2) is 28.4. The summed E-state index contributed by atoms with van der Waals surface area (Å²) < 4.78 is 33.1. The lowest BCUT2D eigenvalue weighted by Crippen LogP contribution is -2.26. The first-order chi connectivity index (χ1) is 35.9. The van der Waals surface area contributed by atoms with Crippen LogP contribution in [0.25, 0.3) is 34.4 Å². The van der Waals surface area contributed by atoms with Crippen molar-refractivity contribution in [2.45, 2.75) is 163 Å². The van der Waals surface area contributed by atoms with Crippen molar-refractivity contribution in [3.8, 4) is 22.3 Å². The molecule has 6 aromatic carbocycles. The van der Waals surface area contributed by atoms with E-state index in [1.54, 1.807) is 12.1 Å². The first-order valence-electron chi connectivity index (χ1n) is 26.8. The molecule has 0 bridgehead atoms. The molecule has 0 aromatic heterocycles. The predicted molar refractivity (Wildman–Crippen MR) is 303 cm³/mol. The molecule has 0 spiro atoms. The van der Waals surface area contributed by atoms with Crippen molar-refractivity contribution in [2.24, 2.45) is 0 Å². The van der Waals surface area contributed by atoms with E-state index < -0.39 is 11.2 Å². The van der Waals surface area contributed by atoms with Crippen LogP contribution >= 0.6 is 0 Å². The van der Waals surface area contributed by atoms with Crippen LogP contribution in [0, 0.1) is 25.5 Å². The van der Waals surface area contributed by atoms with E-state index in [-0.39, 0.29) is 35.2 Å². The second-order valence-electron chi connectivity index (χ2n) is 19.7. The molecule has 0 aliphatic rings. The Morgan fingerprint density at radius 1 is 0.467 bits per heavy atom. The minimum Gasteiger partial charge on any atom is -0.463 e. The van der Waals surface area contributed by atoms with Gasteiger partial charge in [-0.2, -0.15) is 9.59 Å². The molecule has 0 radical (unpaired) electrons. The third-order valence-electron chi connectivity index (χ3n) is 15.8. The zero-order valence-corrected chi connectivity index (χ0v) is 46.3. The Kier molecular flexibility index (Phi) is 23.1. The highest BCUT2D eigenvalue weighted by molar-refractivity contribution is 5.67. The summed E-state index contributed by atoms with van der Waals surface area (Å²) in [6, 6.07) is 40.4. The number of hydrogen-bond donors (Lipinski definition) is 2. The summed E-state index contributed by atoms with van der Waals surface area (Å²) in [4.78, 5) is 26.8. The Labute approximate surface area is 446 Å². The van der Waals surface area contributed by atoms with Crippen LogP contribution in [0.5, 0.6) is 0 Å². The van der Waals surface area contributed by atoms with Gasteiger partial charge in [-0.1, -0.05) is 178 Å². The van der Waals surface area contributed by atoms with Crippen molar-refractivity contribution in [1.29, 1.82) is 0 Å². The largest absolute Gasteiger partial charge is 0.463 e. The maximum Gasteiger partial charge on any atom is 0.373 e. The molecular weight excluding hydrogens is 939 g/mol. The van der Waals surface area contributed by atoms with E-state index in [1.807, 2.05) is 64.1 Å². The van der Waals surface area contributed by atoms with Crippen molar-refractivity contribution >= 4 is 24.8 Å². The van der Waals surface area contributed by atoms with Gasteiger partial charge in [0.05, 0.1) is 11.2 Å². The standard InChI is InChI=1S/C33H39FO3.C33H41FO.CO2/c1-6-32(36,7-2)17-16-26-10-15-30(18-24(26)5)33(8-3,9-4)29-13-11-27(12-14-29)28-19-25(22-37-23-35)20-31(34)21-28;1-7-25-21-28(23-31(34)22-25)27-13-15-29(16-14-27)33(10-4,11-5)30-17-12-26(24(6)20-30)18-19-32(35,8-2)9-3;2-1-3/h10-21,23,36H,6-9,22H2,1-5H3;12-23,35H,7-11H2,1-6H3;/b17-16+;19-18+;. The van der Waals surface area contributed by atoms with Crippen molar-refractivity contribution < 1.29 is 38.1 Å². The first kappa shape index (κ1) is 61.0. The van der Waals surface area contributed by atoms with Gasteiger partial charge in [0.25, 0.3) is 6.47 Å². The van der Waals surface area contributed by atoms with Crippen LogP contribution in [0.1, 0.15) is 169 Å². The summed E-state index contributed by atoms with van der Waals surface area (Å²) in [7, 11) is 0. The average molecular weight is 1020 g/mol. The summed E-state index contributed by atoms with van der Waals surface area (Å²) in [5.74, 6) is -0.538. The lowest BCUT2D eigenvalue weighted by atomic mass is 9.70. The summed E-state index contributed by atoms with van der Waals surface area (Å²) in [5, 5.41) is 21.3. The maximum absolute atomic E-state index is 14.2. The molecule has 0 aliphatic carbocycles. The van der Waals surface area contributed by atoms with Crippen molar-refractivity contribution in [3.63, 3.8) is 0 Å². The quantitative estimate of drug-likeness (QED) is 0.0657. The molecule has 0 amide bonds. The smallest absolute Gasteiger partial charge is 0.373 e. The SMILES string of the molecule is CCC(O)(/C=C/c1ccc(C(CC)(CC)c2ccc(-c3cc(F)cc(COC=O)c3)cc2)cc1C)CC.CCc1cc(F)cc(-c2ccc(C(CC)(CC)c3ccc(/C=C/C(O)(CC)CC)c(C)c3)cc2)c1.O=C=O. The monoisotopic (exact) mass is 1020 g/mol. The number of aryl methyl sites for hydroxylation is 3. The molecule has 0 heterocycles. The first-order valence-corrected chi connectivity index (χ1v) is 26.8. The molecule has 2 N–H and O–H groups in total. The normalized spacial score (nSPS) is 11.9. The molecule has 0 saturated heterocycles. The van der Waals surface area contributed by atoms with Gasteiger partial charge in [0.15, 0.2) is 0 Å². The Hall–Kier alpha value is -6.57. The molecule has 6 aromatic rings. The zero-order chi connectivity index (χ0) is 55.4. The molecule has 0 fully saturated rings. The van der Waals surface area contributed by atoms with Crippen LogP contribution < -0.4 is 0 Å². The fourth-order valence-corrected chi connectivity index (χ4v) is 10.3. The molecule has 398 valence electrons. The van der Waals surface area contributed by atoms with Crippen molar-refractivity contribution in [1.82, 2.24) is 0 Å². The van der Waals surface area contributed by atoms with Crippen molar-refractivity contribution in [3.05, 3.63) is 201 Å². The van der Waals surface area contributed by atoms with E-state index in [4.69, 9.17) is 14.3 Å². The summed E-state index contributed by atoms with van der Waals surface area (Å²) in [6.45, 7) is 23.7. The van der Waals surface area contributed by atoms with Crippen LogP contribution in [-0.4, -0.2) is 34.0 Å². The third kappa shape index (κ3) is 15.3. The highest BCUT2D eigenvalue weighted by Gasteiger charge is 2.32. The van der Waals surface area contributed by atoms with E-state index in [0.717, 1.165) is 71.0 Å². The van der Waals surface area contributed by atoms with E-state index in [0.29, 0.717) is 37.7 Å². The van der Waals surface area contributed by atoms with Crippen LogP contribution in [0.15, 0.2) is 133 Å². The number of halogens is 2. The number of hydrogen-bond acceptors (Lipinski definition) is 6. The van der Waals surface area contributed by atoms with E-state index >= 15 is 0 Å². The number of carbonyl (C=O) groups is 1. The molecule has 0 atom stereocenters. The Morgan fingerprint density at radius 3 is 1.13 bits per heavy atom. The highest BCUT2D eigenvalue weighted by Crippen LogP contribution is 2.42. The van der Waals surface area contributed by atoms with Gasteiger partial charge in [-0.05, 0) is 180 Å². The average Bonchev–Trinajstić information content (AvgIpc) is 3.43. The second-order valence-corrected chi connectivity index (χ2v) is 19.7. The minimum absolute atomic E-state index is 0.0435. The number of aliphatic hydroxyl groups is 2. The van der Waals surface area contributed by atoms with Gasteiger partial charge in [-0.15, -0.1) is 0 Å². The highest BCUT2D eigenvalue weighted by atomic mass is 19.1. The fourth-order valence-electron chi connectivity index (χ4n) is 10.3. The van der Waals surface area contributed by atoms with Crippen LogP contribution in [0.2, 0.25) is 0 Å². The summed E-state index contributed by atoms with van der Waals surface area (Å²) in [5.41, 5.74) is 13.2. The van der Waals surface area contributed by atoms with Crippen LogP contribution in [-0.2, 0) is 43.0 Å². The molecule has 6 rings (SSSR count). The molecule has 75 heavy (non-hydrogen) atoms. The molecule has 8 heteroatoms. The fraction of sp³-hybridized carbons (Fsp3) is 0.373.